The zero-order valence-electron chi connectivity index (χ0n) is 11.1. The zero-order chi connectivity index (χ0) is 13.8. The van der Waals surface area contributed by atoms with Gasteiger partial charge < -0.3 is 5.32 Å². The molecule has 0 heterocycles. The molecule has 0 spiro atoms. The molecule has 2 aromatic carbocycles. The molecule has 0 bridgehead atoms. The fourth-order valence-electron chi connectivity index (χ4n) is 2.09. The summed E-state index contributed by atoms with van der Waals surface area (Å²) in [4.78, 5) is 0. The maximum absolute atomic E-state index is 13.1. The minimum atomic E-state index is -0.205. The van der Waals surface area contributed by atoms with E-state index in [1.807, 2.05) is 25.1 Å². The van der Waals surface area contributed by atoms with Gasteiger partial charge in [-0.25, -0.2) is 4.39 Å². The first-order valence-electron chi connectivity index (χ1n) is 6.37. The van der Waals surface area contributed by atoms with Crippen molar-refractivity contribution in [3.63, 3.8) is 0 Å². The third kappa shape index (κ3) is 3.34. The number of benzene rings is 2. The molecule has 0 saturated heterocycles. The second-order valence-corrected chi connectivity index (χ2v) is 4.95. The van der Waals surface area contributed by atoms with Crippen LogP contribution < -0.4 is 5.32 Å². The first kappa shape index (κ1) is 14.0. The topological polar surface area (TPSA) is 12.0 Å². The Bertz CT molecular complexity index is 581. The zero-order valence-corrected chi connectivity index (χ0v) is 11.9. The third-order valence-corrected chi connectivity index (χ3v) is 3.48. The maximum Gasteiger partial charge on any atom is 0.123 e. The molecule has 0 saturated carbocycles. The van der Waals surface area contributed by atoms with Gasteiger partial charge in [-0.2, -0.15) is 0 Å². The van der Waals surface area contributed by atoms with Gasteiger partial charge in [-0.05, 0) is 60.0 Å². The van der Waals surface area contributed by atoms with Crippen molar-refractivity contribution in [2.45, 2.75) is 20.4 Å². The summed E-state index contributed by atoms with van der Waals surface area (Å²) in [6, 6.07) is 10.8. The molecule has 0 unspecified atom stereocenters. The number of hydrogen-bond acceptors (Lipinski definition) is 1. The van der Waals surface area contributed by atoms with E-state index in [2.05, 4.69) is 18.3 Å². The molecule has 3 heteroatoms. The summed E-state index contributed by atoms with van der Waals surface area (Å²) in [6.07, 6.45) is 0. The summed E-state index contributed by atoms with van der Waals surface area (Å²) >= 11 is 6.18. The molecule has 2 rings (SSSR count). The standard InChI is InChI=1S/C16H17ClFN/c1-3-19-10-13-9-12(4-7-16(13)17)15-6-5-14(18)8-11(15)2/h4-9,19H,3,10H2,1-2H3. The molecule has 19 heavy (non-hydrogen) atoms. The van der Waals surface area contributed by atoms with Crippen LogP contribution in [0, 0.1) is 12.7 Å². The van der Waals surface area contributed by atoms with Crippen molar-refractivity contribution in [1.29, 1.82) is 0 Å². The lowest BCUT2D eigenvalue weighted by Crippen LogP contribution is -2.12. The average molecular weight is 278 g/mol. The molecular formula is C16H17ClFN. The highest BCUT2D eigenvalue weighted by Crippen LogP contribution is 2.28. The van der Waals surface area contributed by atoms with Gasteiger partial charge in [0.05, 0.1) is 0 Å². The highest BCUT2D eigenvalue weighted by atomic mass is 35.5. The molecule has 0 fully saturated rings. The van der Waals surface area contributed by atoms with Crippen LogP contribution in [0.3, 0.4) is 0 Å². The fourth-order valence-corrected chi connectivity index (χ4v) is 2.27. The molecule has 0 amide bonds. The Morgan fingerprint density at radius 2 is 1.95 bits per heavy atom. The van der Waals surface area contributed by atoms with Gasteiger partial charge >= 0.3 is 0 Å². The van der Waals surface area contributed by atoms with Crippen LogP contribution in [0.4, 0.5) is 4.39 Å². The maximum atomic E-state index is 13.1. The Morgan fingerprint density at radius 1 is 1.16 bits per heavy atom. The van der Waals surface area contributed by atoms with E-state index in [-0.39, 0.29) is 5.82 Å². The average Bonchev–Trinajstić information content (AvgIpc) is 2.38. The minimum absolute atomic E-state index is 0.205. The van der Waals surface area contributed by atoms with Crippen LogP contribution >= 0.6 is 11.6 Å². The van der Waals surface area contributed by atoms with Crippen LogP contribution in [0.2, 0.25) is 5.02 Å². The molecule has 0 aliphatic heterocycles. The van der Waals surface area contributed by atoms with Crippen molar-refractivity contribution in [3.8, 4) is 11.1 Å². The second-order valence-electron chi connectivity index (χ2n) is 4.55. The van der Waals surface area contributed by atoms with Crippen molar-refractivity contribution in [2.24, 2.45) is 0 Å². The third-order valence-electron chi connectivity index (χ3n) is 3.11. The normalized spacial score (nSPS) is 10.7. The van der Waals surface area contributed by atoms with E-state index in [1.165, 1.54) is 6.07 Å². The Labute approximate surface area is 118 Å². The highest BCUT2D eigenvalue weighted by molar-refractivity contribution is 6.31. The van der Waals surface area contributed by atoms with E-state index in [9.17, 15) is 4.39 Å². The second kappa shape index (κ2) is 6.18. The predicted octanol–water partition coefficient (Wildman–Crippen LogP) is 4.56. The first-order chi connectivity index (χ1) is 9.11. The summed E-state index contributed by atoms with van der Waals surface area (Å²) in [5.41, 5.74) is 4.09. The van der Waals surface area contributed by atoms with Crippen LogP contribution in [-0.2, 0) is 6.54 Å². The lowest BCUT2D eigenvalue weighted by atomic mass is 9.98. The van der Waals surface area contributed by atoms with Gasteiger partial charge in [0.2, 0.25) is 0 Å². The molecule has 0 atom stereocenters. The molecule has 1 nitrogen and oxygen atoms in total. The summed E-state index contributed by atoms with van der Waals surface area (Å²) in [7, 11) is 0. The Balaban J connectivity index is 2.39. The highest BCUT2D eigenvalue weighted by Gasteiger charge is 2.06. The number of nitrogens with one attached hydrogen (secondary N) is 1. The predicted molar refractivity (Wildman–Crippen MR) is 79.0 cm³/mol. The molecule has 0 aliphatic rings. The first-order valence-corrected chi connectivity index (χ1v) is 6.75. The van der Waals surface area contributed by atoms with Crippen LogP contribution in [0.15, 0.2) is 36.4 Å². The van der Waals surface area contributed by atoms with E-state index < -0.39 is 0 Å². The monoisotopic (exact) mass is 277 g/mol. The van der Waals surface area contributed by atoms with Crippen LogP contribution in [-0.4, -0.2) is 6.54 Å². The number of hydrogen-bond donors (Lipinski definition) is 1. The SMILES string of the molecule is CCNCc1cc(-c2ccc(F)cc2C)ccc1Cl. The summed E-state index contributed by atoms with van der Waals surface area (Å²) < 4.78 is 13.1. The van der Waals surface area contributed by atoms with Crippen molar-refractivity contribution >= 4 is 11.6 Å². The van der Waals surface area contributed by atoms with Crippen LogP contribution in [0.5, 0.6) is 0 Å². The van der Waals surface area contributed by atoms with E-state index in [1.54, 1.807) is 6.07 Å². The molecule has 1 N–H and O–H groups in total. The summed E-state index contributed by atoms with van der Waals surface area (Å²) in [5.74, 6) is -0.205. The van der Waals surface area contributed by atoms with Crippen molar-refractivity contribution in [1.82, 2.24) is 5.32 Å². The lowest BCUT2D eigenvalue weighted by Gasteiger charge is -2.10. The molecule has 2 aromatic rings. The van der Waals surface area contributed by atoms with Crippen molar-refractivity contribution in [2.75, 3.05) is 6.54 Å². The van der Waals surface area contributed by atoms with Crippen LogP contribution in [0.25, 0.3) is 11.1 Å². The number of aryl methyl sites for hydroxylation is 1. The Morgan fingerprint density at radius 3 is 2.63 bits per heavy atom. The fraction of sp³-hybridized carbons (Fsp3) is 0.250. The van der Waals surface area contributed by atoms with Crippen LogP contribution in [0.1, 0.15) is 18.1 Å². The molecule has 0 radical (unpaired) electrons. The van der Waals surface area contributed by atoms with Crippen molar-refractivity contribution in [3.05, 3.63) is 58.4 Å². The Hall–Kier alpha value is -1.38. The summed E-state index contributed by atoms with van der Waals surface area (Å²) in [6.45, 7) is 5.61. The van der Waals surface area contributed by atoms with E-state index in [0.717, 1.165) is 40.4 Å². The van der Waals surface area contributed by atoms with Gasteiger partial charge in [-0.3, -0.25) is 0 Å². The smallest absolute Gasteiger partial charge is 0.123 e. The molecule has 100 valence electrons. The van der Waals surface area contributed by atoms with Gasteiger partial charge in [0.1, 0.15) is 5.82 Å². The Kier molecular flexibility index (Phi) is 4.56. The van der Waals surface area contributed by atoms with Gasteiger partial charge in [0.15, 0.2) is 0 Å². The molecule has 0 aromatic heterocycles. The molecule has 0 aliphatic carbocycles. The quantitative estimate of drug-likeness (QED) is 0.864. The minimum Gasteiger partial charge on any atom is -0.313 e. The largest absolute Gasteiger partial charge is 0.313 e. The lowest BCUT2D eigenvalue weighted by molar-refractivity contribution is 0.627. The van der Waals surface area contributed by atoms with Gasteiger partial charge in [-0.1, -0.05) is 30.7 Å². The summed E-state index contributed by atoms with van der Waals surface area (Å²) in [5, 5.41) is 4.02. The van der Waals surface area contributed by atoms with Crippen molar-refractivity contribution < 1.29 is 4.39 Å². The van der Waals surface area contributed by atoms with Gasteiger partial charge in [0, 0.05) is 11.6 Å². The molecular weight excluding hydrogens is 261 g/mol. The number of rotatable bonds is 4. The number of halogens is 2. The van der Waals surface area contributed by atoms with E-state index in [4.69, 9.17) is 11.6 Å². The van der Waals surface area contributed by atoms with E-state index >= 15 is 0 Å². The van der Waals surface area contributed by atoms with Gasteiger partial charge in [0.25, 0.3) is 0 Å². The van der Waals surface area contributed by atoms with E-state index in [0.29, 0.717) is 0 Å². The van der Waals surface area contributed by atoms with Gasteiger partial charge in [-0.15, -0.1) is 0 Å².